The summed E-state index contributed by atoms with van der Waals surface area (Å²) < 4.78 is 22.1. The van der Waals surface area contributed by atoms with E-state index in [4.69, 9.17) is 9.05 Å². The quantitative estimate of drug-likeness (QED) is 0.589. The number of allylic oxidation sites excluding steroid dienone is 1. The highest BCUT2D eigenvalue weighted by Gasteiger charge is 2.28. The van der Waals surface area contributed by atoms with Crippen LogP contribution < -0.4 is 4.52 Å². The maximum absolute atomic E-state index is 11.6. The van der Waals surface area contributed by atoms with Crippen molar-refractivity contribution in [1.29, 1.82) is 0 Å². The molecule has 0 spiro atoms. The van der Waals surface area contributed by atoms with Gasteiger partial charge in [-0.25, -0.2) is 4.52 Å². The second-order valence-corrected chi connectivity index (χ2v) is 4.48. The molecule has 0 fully saturated rings. The molecule has 1 aliphatic carbocycles. The Morgan fingerprint density at radius 1 is 1.19 bits per heavy atom. The van der Waals surface area contributed by atoms with E-state index in [9.17, 15) is 4.57 Å². The lowest BCUT2D eigenvalue weighted by Gasteiger charge is -2.10. The van der Waals surface area contributed by atoms with E-state index < -0.39 is 8.25 Å². The van der Waals surface area contributed by atoms with Crippen LogP contribution in [0.4, 0.5) is 0 Å². The SMILES string of the molecule is O=[P+](Oc1ccccc1)OC1CC=CCC1. The van der Waals surface area contributed by atoms with Crippen LogP contribution in [0.25, 0.3) is 0 Å². The van der Waals surface area contributed by atoms with Crippen molar-refractivity contribution < 1.29 is 13.6 Å². The van der Waals surface area contributed by atoms with Gasteiger partial charge in [-0.05, 0) is 31.4 Å². The van der Waals surface area contributed by atoms with E-state index in [1.807, 2.05) is 18.2 Å². The van der Waals surface area contributed by atoms with Gasteiger partial charge in [0.1, 0.15) is 6.10 Å². The number of para-hydroxylation sites is 1. The summed E-state index contributed by atoms with van der Waals surface area (Å²) in [4.78, 5) is 0. The summed E-state index contributed by atoms with van der Waals surface area (Å²) in [6.07, 6.45) is 6.91. The molecule has 0 saturated heterocycles. The van der Waals surface area contributed by atoms with Crippen LogP contribution in [0.2, 0.25) is 0 Å². The third-order valence-corrected chi connectivity index (χ3v) is 3.21. The smallest absolute Gasteiger partial charge is 0.229 e. The van der Waals surface area contributed by atoms with Gasteiger partial charge in [-0.15, -0.1) is 4.52 Å². The molecule has 0 saturated carbocycles. The molecule has 1 aliphatic rings. The second-order valence-electron chi connectivity index (χ2n) is 3.64. The van der Waals surface area contributed by atoms with E-state index in [2.05, 4.69) is 12.2 Å². The first-order valence-electron chi connectivity index (χ1n) is 5.36. The van der Waals surface area contributed by atoms with Crippen LogP contribution in [-0.4, -0.2) is 6.10 Å². The first-order valence-corrected chi connectivity index (χ1v) is 6.46. The zero-order valence-corrected chi connectivity index (χ0v) is 9.81. The van der Waals surface area contributed by atoms with Crippen LogP contribution >= 0.6 is 8.25 Å². The third-order valence-electron chi connectivity index (χ3n) is 2.38. The van der Waals surface area contributed by atoms with Crippen molar-refractivity contribution in [3.8, 4) is 5.75 Å². The summed E-state index contributed by atoms with van der Waals surface area (Å²) >= 11 is 0. The van der Waals surface area contributed by atoms with Crippen molar-refractivity contribution in [3.63, 3.8) is 0 Å². The Kier molecular flexibility index (Phi) is 4.09. The molecule has 1 aromatic rings. The molecule has 16 heavy (non-hydrogen) atoms. The Morgan fingerprint density at radius 3 is 2.69 bits per heavy atom. The lowest BCUT2D eigenvalue weighted by Crippen LogP contribution is -2.10. The average Bonchev–Trinajstić information content (AvgIpc) is 2.31. The molecule has 0 bridgehead atoms. The maximum atomic E-state index is 11.6. The molecule has 0 amide bonds. The van der Waals surface area contributed by atoms with Gasteiger partial charge in [0, 0.05) is 4.57 Å². The fourth-order valence-corrected chi connectivity index (χ4v) is 2.34. The van der Waals surface area contributed by atoms with Crippen LogP contribution in [0, 0.1) is 0 Å². The molecule has 0 heterocycles. The van der Waals surface area contributed by atoms with Gasteiger partial charge in [-0.1, -0.05) is 30.4 Å². The predicted molar refractivity (Wildman–Crippen MR) is 62.5 cm³/mol. The fraction of sp³-hybridized carbons (Fsp3) is 0.333. The van der Waals surface area contributed by atoms with Gasteiger partial charge in [0.05, 0.1) is 0 Å². The minimum absolute atomic E-state index is 0.0253. The molecule has 3 nitrogen and oxygen atoms in total. The van der Waals surface area contributed by atoms with Crippen LogP contribution in [0.15, 0.2) is 42.5 Å². The molecule has 2 atom stereocenters. The first kappa shape index (κ1) is 11.3. The molecule has 0 aliphatic heterocycles. The molecule has 0 N–H and O–H groups in total. The van der Waals surface area contributed by atoms with Gasteiger partial charge < -0.3 is 0 Å². The van der Waals surface area contributed by atoms with Gasteiger partial charge in [-0.2, -0.15) is 0 Å². The summed E-state index contributed by atoms with van der Waals surface area (Å²) in [6.45, 7) is 0. The summed E-state index contributed by atoms with van der Waals surface area (Å²) in [5, 5.41) is 0. The molecule has 0 aromatic heterocycles. The Morgan fingerprint density at radius 2 is 2.00 bits per heavy atom. The summed E-state index contributed by atoms with van der Waals surface area (Å²) in [6, 6.07) is 9.07. The van der Waals surface area contributed by atoms with Crippen LogP contribution in [0.3, 0.4) is 0 Å². The van der Waals surface area contributed by atoms with Gasteiger partial charge in [0.25, 0.3) is 0 Å². The predicted octanol–water partition coefficient (Wildman–Crippen LogP) is 3.85. The Hall–Kier alpha value is -1.18. The van der Waals surface area contributed by atoms with Crippen molar-refractivity contribution in [2.75, 3.05) is 0 Å². The second kappa shape index (κ2) is 5.78. The summed E-state index contributed by atoms with van der Waals surface area (Å²) in [5.41, 5.74) is 0. The first-order chi connectivity index (χ1) is 7.84. The van der Waals surface area contributed by atoms with Gasteiger partial charge in [0.2, 0.25) is 0 Å². The molecule has 2 rings (SSSR count). The highest BCUT2D eigenvalue weighted by atomic mass is 31.1. The van der Waals surface area contributed by atoms with Crippen molar-refractivity contribution in [2.24, 2.45) is 0 Å². The number of hydrogen-bond donors (Lipinski definition) is 0. The van der Waals surface area contributed by atoms with Crippen LogP contribution in [0.5, 0.6) is 5.75 Å². The largest absolute Gasteiger partial charge is 0.750 e. The van der Waals surface area contributed by atoms with E-state index in [-0.39, 0.29) is 6.10 Å². The van der Waals surface area contributed by atoms with E-state index in [0.29, 0.717) is 5.75 Å². The van der Waals surface area contributed by atoms with Crippen molar-refractivity contribution in [1.82, 2.24) is 0 Å². The summed E-state index contributed by atoms with van der Waals surface area (Å²) in [7, 11) is -2.06. The van der Waals surface area contributed by atoms with E-state index >= 15 is 0 Å². The van der Waals surface area contributed by atoms with Crippen molar-refractivity contribution >= 4 is 8.25 Å². The zero-order valence-electron chi connectivity index (χ0n) is 8.91. The topological polar surface area (TPSA) is 35.5 Å². The summed E-state index contributed by atoms with van der Waals surface area (Å²) in [5.74, 6) is 0.579. The van der Waals surface area contributed by atoms with Gasteiger partial charge in [-0.3, -0.25) is 0 Å². The van der Waals surface area contributed by atoms with Crippen molar-refractivity contribution in [2.45, 2.75) is 25.4 Å². The highest BCUT2D eigenvalue weighted by molar-refractivity contribution is 7.33. The molecular weight excluding hydrogens is 223 g/mol. The van der Waals surface area contributed by atoms with E-state index in [0.717, 1.165) is 19.3 Å². The maximum Gasteiger partial charge on any atom is 0.750 e. The minimum atomic E-state index is -2.06. The van der Waals surface area contributed by atoms with Crippen LogP contribution in [0.1, 0.15) is 19.3 Å². The van der Waals surface area contributed by atoms with Crippen molar-refractivity contribution in [3.05, 3.63) is 42.5 Å². The number of benzene rings is 1. The normalized spacial score (nSPS) is 20.5. The lowest BCUT2D eigenvalue weighted by molar-refractivity contribution is 0.181. The monoisotopic (exact) mass is 237 g/mol. The fourth-order valence-electron chi connectivity index (χ4n) is 1.57. The highest BCUT2D eigenvalue weighted by Crippen LogP contribution is 2.32. The number of rotatable bonds is 4. The Balaban J connectivity index is 1.82. The molecule has 4 heteroatoms. The lowest BCUT2D eigenvalue weighted by atomic mass is 10.1. The van der Waals surface area contributed by atoms with E-state index in [1.54, 1.807) is 12.1 Å². The van der Waals surface area contributed by atoms with Crippen LogP contribution in [-0.2, 0) is 9.09 Å². The Bertz CT molecular complexity index is 375. The standard InChI is InChI=1S/C12H14O3P/c13-16(14-11-7-3-1-4-8-11)15-12-9-5-2-6-10-12/h1-5,7-8,12H,6,9-10H2/q+1. The number of hydrogen-bond acceptors (Lipinski definition) is 3. The van der Waals surface area contributed by atoms with E-state index in [1.165, 1.54) is 0 Å². The molecule has 1 aromatic carbocycles. The molecular formula is C12H14O3P+. The minimum Gasteiger partial charge on any atom is -0.229 e. The molecule has 2 unspecified atom stereocenters. The van der Waals surface area contributed by atoms with Gasteiger partial charge in [0.15, 0.2) is 5.75 Å². The molecule has 84 valence electrons. The third kappa shape index (κ3) is 3.44. The van der Waals surface area contributed by atoms with Gasteiger partial charge >= 0.3 is 8.25 Å². The Labute approximate surface area is 96.0 Å². The zero-order chi connectivity index (χ0) is 11.2. The average molecular weight is 237 g/mol. The molecule has 0 radical (unpaired) electrons.